The molecule has 1 aliphatic rings. The molecular formula is C19H27N3O. The molecule has 2 heterocycles. The smallest absolute Gasteiger partial charge is 0.290 e. The summed E-state index contributed by atoms with van der Waals surface area (Å²) in [7, 11) is 1.82. The molecule has 1 unspecified atom stereocenters. The zero-order chi connectivity index (χ0) is 16.8. The van der Waals surface area contributed by atoms with Gasteiger partial charge in [0, 0.05) is 13.6 Å². The molecule has 1 atom stereocenters. The van der Waals surface area contributed by atoms with Crippen molar-refractivity contribution >= 4 is 16.7 Å². The highest BCUT2D eigenvalue weighted by atomic mass is 16.1. The van der Waals surface area contributed by atoms with Crippen LogP contribution < -0.4 is 5.69 Å². The number of imidazole rings is 1. The number of hydrogen-bond acceptors (Lipinski definition) is 2. The van der Waals surface area contributed by atoms with Crippen LogP contribution in [0.5, 0.6) is 0 Å². The Morgan fingerprint density at radius 2 is 2.04 bits per heavy atom. The molecule has 23 heavy (non-hydrogen) atoms. The van der Waals surface area contributed by atoms with Crippen molar-refractivity contribution in [3.8, 4) is 0 Å². The minimum absolute atomic E-state index is 0.0193. The summed E-state index contributed by atoms with van der Waals surface area (Å²) in [5.41, 5.74) is 4.13. The van der Waals surface area contributed by atoms with Gasteiger partial charge in [0.2, 0.25) is 0 Å². The zero-order valence-electron chi connectivity index (χ0n) is 14.9. The lowest BCUT2D eigenvalue weighted by Crippen LogP contribution is -2.27. The summed E-state index contributed by atoms with van der Waals surface area (Å²) in [5, 5.41) is 0. The Labute approximate surface area is 137 Å². The molecule has 0 N–H and O–H groups in total. The lowest BCUT2D eigenvalue weighted by atomic mass is 9.89. The standard InChI is InChI=1S/C19H27N3O/c1-13-6-8-14(9-7-13)15-10-11-16-17(20-15)21(5)18(23)22(16)12-19(2,3)4/h8,10-11,13H,6-7,9,12H2,1-5H3. The van der Waals surface area contributed by atoms with Crippen LogP contribution in [-0.4, -0.2) is 14.1 Å². The number of nitrogens with zero attached hydrogens (tertiary/aromatic N) is 3. The van der Waals surface area contributed by atoms with E-state index in [1.54, 1.807) is 4.57 Å². The van der Waals surface area contributed by atoms with Gasteiger partial charge in [0.15, 0.2) is 5.65 Å². The Morgan fingerprint density at radius 1 is 1.30 bits per heavy atom. The molecular weight excluding hydrogens is 286 g/mol. The normalized spacial score (nSPS) is 19.2. The molecule has 0 aromatic carbocycles. The monoisotopic (exact) mass is 313 g/mol. The first-order chi connectivity index (χ1) is 10.8. The average Bonchev–Trinajstić information content (AvgIpc) is 2.71. The second-order valence-corrected chi connectivity index (χ2v) is 8.14. The summed E-state index contributed by atoms with van der Waals surface area (Å²) in [6.45, 7) is 9.43. The molecule has 0 saturated carbocycles. The Balaban J connectivity index is 2.08. The fraction of sp³-hybridized carbons (Fsp3) is 0.579. The Bertz CT molecular complexity index is 817. The number of pyridine rings is 1. The predicted molar refractivity (Wildman–Crippen MR) is 95.4 cm³/mol. The Hall–Kier alpha value is -1.84. The fourth-order valence-electron chi connectivity index (χ4n) is 3.28. The van der Waals surface area contributed by atoms with Gasteiger partial charge in [-0.2, -0.15) is 0 Å². The van der Waals surface area contributed by atoms with Crippen molar-refractivity contribution in [1.82, 2.24) is 14.1 Å². The molecule has 4 heteroatoms. The van der Waals surface area contributed by atoms with Gasteiger partial charge in [-0.25, -0.2) is 9.78 Å². The minimum Gasteiger partial charge on any atom is -0.290 e. The maximum absolute atomic E-state index is 12.6. The maximum Gasteiger partial charge on any atom is 0.330 e. The van der Waals surface area contributed by atoms with Crippen molar-refractivity contribution in [3.05, 3.63) is 34.4 Å². The second-order valence-electron chi connectivity index (χ2n) is 8.14. The van der Waals surface area contributed by atoms with Crippen LogP contribution in [0.1, 0.15) is 52.7 Å². The van der Waals surface area contributed by atoms with Crippen LogP contribution in [0.4, 0.5) is 0 Å². The number of aryl methyl sites for hydroxylation is 1. The van der Waals surface area contributed by atoms with Gasteiger partial charge >= 0.3 is 5.69 Å². The summed E-state index contributed by atoms with van der Waals surface area (Å²) in [6.07, 6.45) is 5.73. The number of aromatic nitrogens is 3. The fourth-order valence-corrected chi connectivity index (χ4v) is 3.28. The molecule has 0 fully saturated rings. The molecule has 0 radical (unpaired) electrons. The van der Waals surface area contributed by atoms with Crippen molar-refractivity contribution in [1.29, 1.82) is 0 Å². The highest BCUT2D eigenvalue weighted by molar-refractivity contribution is 5.76. The Kier molecular flexibility index (Phi) is 3.95. The van der Waals surface area contributed by atoms with E-state index >= 15 is 0 Å². The number of rotatable bonds is 2. The van der Waals surface area contributed by atoms with E-state index in [2.05, 4.69) is 45.9 Å². The van der Waals surface area contributed by atoms with Gasteiger partial charge < -0.3 is 0 Å². The molecule has 0 saturated heterocycles. The Morgan fingerprint density at radius 3 is 2.65 bits per heavy atom. The SMILES string of the molecule is CC1CC=C(c2ccc3c(n2)n(C)c(=O)n3CC(C)(C)C)CC1. The highest BCUT2D eigenvalue weighted by Gasteiger charge is 2.19. The summed E-state index contributed by atoms with van der Waals surface area (Å²) in [4.78, 5) is 17.4. The van der Waals surface area contributed by atoms with Gasteiger partial charge in [-0.3, -0.25) is 9.13 Å². The van der Waals surface area contributed by atoms with E-state index in [4.69, 9.17) is 4.98 Å². The highest BCUT2D eigenvalue weighted by Crippen LogP contribution is 2.30. The lowest BCUT2D eigenvalue weighted by molar-refractivity contribution is 0.342. The van der Waals surface area contributed by atoms with E-state index in [1.165, 1.54) is 12.0 Å². The van der Waals surface area contributed by atoms with Gasteiger partial charge in [0.25, 0.3) is 0 Å². The van der Waals surface area contributed by atoms with Crippen LogP contribution in [0.15, 0.2) is 23.0 Å². The molecule has 2 aromatic heterocycles. The summed E-state index contributed by atoms with van der Waals surface area (Å²) in [5.74, 6) is 0.764. The predicted octanol–water partition coefficient (Wildman–Crippen LogP) is 3.98. The van der Waals surface area contributed by atoms with Crippen LogP contribution >= 0.6 is 0 Å². The van der Waals surface area contributed by atoms with Crippen molar-refractivity contribution in [2.45, 2.75) is 53.5 Å². The molecule has 1 aliphatic carbocycles. The lowest BCUT2D eigenvalue weighted by Gasteiger charge is -2.19. The molecule has 0 spiro atoms. The van der Waals surface area contributed by atoms with Crippen molar-refractivity contribution in [2.75, 3.05) is 0 Å². The van der Waals surface area contributed by atoms with Gasteiger partial charge in [0.1, 0.15) is 0 Å². The third-order valence-electron chi connectivity index (χ3n) is 4.62. The van der Waals surface area contributed by atoms with Crippen molar-refractivity contribution in [2.24, 2.45) is 18.4 Å². The van der Waals surface area contributed by atoms with Crippen molar-refractivity contribution < 1.29 is 0 Å². The van der Waals surface area contributed by atoms with Crippen LogP contribution in [0.3, 0.4) is 0 Å². The van der Waals surface area contributed by atoms with Gasteiger partial charge in [0.05, 0.1) is 11.2 Å². The third-order valence-corrected chi connectivity index (χ3v) is 4.62. The van der Waals surface area contributed by atoms with E-state index in [0.29, 0.717) is 6.54 Å². The third kappa shape index (κ3) is 3.12. The van der Waals surface area contributed by atoms with Gasteiger partial charge in [-0.1, -0.05) is 33.8 Å². The van der Waals surface area contributed by atoms with Crippen molar-refractivity contribution in [3.63, 3.8) is 0 Å². The summed E-state index contributed by atoms with van der Waals surface area (Å²) in [6, 6.07) is 4.13. The van der Waals surface area contributed by atoms with E-state index in [0.717, 1.165) is 35.6 Å². The largest absolute Gasteiger partial charge is 0.330 e. The van der Waals surface area contributed by atoms with Crippen LogP contribution in [0.25, 0.3) is 16.7 Å². The van der Waals surface area contributed by atoms with Crippen LogP contribution in [0.2, 0.25) is 0 Å². The molecule has 0 amide bonds. The second kappa shape index (κ2) is 5.66. The summed E-state index contributed by atoms with van der Waals surface area (Å²) < 4.78 is 3.53. The zero-order valence-corrected chi connectivity index (χ0v) is 14.9. The first-order valence-corrected chi connectivity index (χ1v) is 8.52. The molecule has 0 bridgehead atoms. The van der Waals surface area contributed by atoms with Crippen LogP contribution in [-0.2, 0) is 13.6 Å². The molecule has 124 valence electrons. The maximum atomic E-state index is 12.6. The molecule has 3 rings (SSSR count). The summed E-state index contributed by atoms with van der Waals surface area (Å²) >= 11 is 0. The van der Waals surface area contributed by atoms with Gasteiger partial charge in [-0.15, -0.1) is 0 Å². The molecule has 2 aromatic rings. The minimum atomic E-state index is 0.0193. The molecule has 4 nitrogen and oxygen atoms in total. The molecule has 0 aliphatic heterocycles. The first kappa shape index (κ1) is 16.0. The van der Waals surface area contributed by atoms with Gasteiger partial charge in [-0.05, 0) is 48.3 Å². The van der Waals surface area contributed by atoms with Crippen LogP contribution in [0, 0.1) is 11.3 Å². The number of fused-ring (bicyclic) bond motifs is 1. The van der Waals surface area contributed by atoms with E-state index in [1.807, 2.05) is 11.6 Å². The van der Waals surface area contributed by atoms with E-state index in [-0.39, 0.29) is 11.1 Å². The number of allylic oxidation sites excluding steroid dienone is 2. The first-order valence-electron chi connectivity index (χ1n) is 8.52. The topological polar surface area (TPSA) is 39.8 Å². The van der Waals surface area contributed by atoms with E-state index in [9.17, 15) is 4.79 Å². The van der Waals surface area contributed by atoms with E-state index < -0.39 is 0 Å². The number of hydrogen-bond donors (Lipinski definition) is 0. The quantitative estimate of drug-likeness (QED) is 0.841. The average molecular weight is 313 g/mol.